The summed E-state index contributed by atoms with van der Waals surface area (Å²) in [6, 6.07) is 15.6. The zero-order valence-electron chi connectivity index (χ0n) is 42.4. The lowest BCUT2D eigenvalue weighted by atomic mass is 9.44. The number of rotatable bonds is 18. The number of fused-ring (bicyclic) bond motifs is 5. The summed E-state index contributed by atoms with van der Waals surface area (Å²) in [6.45, 7) is 16.6. The first-order chi connectivity index (χ1) is 32.4. The molecular weight excluding hydrogens is 937 g/mol. The third-order valence-corrected chi connectivity index (χ3v) is 18.1. The minimum Gasteiger partial charge on any atom is -0.462 e. The van der Waals surface area contributed by atoms with Gasteiger partial charge in [0.2, 0.25) is 11.8 Å². The van der Waals surface area contributed by atoms with Gasteiger partial charge in [0.15, 0.2) is 0 Å². The quantitative estimate of drug-likeness (QED) is 0.0717. The summed E-state index contributed by atoms with van der Waals surface area (Å²) < 4.78 is 75.8. The summed E-state index contributed by atoms with van der Waals surface area (Å²) in [6.07, 6.45) is 4.20. The first-order valence-corrected chi connectivity index (χ1v) is 28.4. The molecule has 15 nitrogen and oxygen atoms in total. The van der Waals surface area contributed by atoms with Crippen molar-refractivity contribution in [3.05, 3.63) is 70.8 Å². The van der Waals surface area contributed by atoms with Gasteiger partial charge < -0.3 is 25.2 Å². The molecule has 4 saturated carbocycles. The molecule has 11 atom stereocenters. The van der Waals surface area contributed by atoms with Crippen molar-refractivity contribution in [3.63, 3.8) is 0 Å². The molecule has 5 N–H and O–H groups in total. The molecule has 0 aromatic heterocycles. The Bertz CT molecular complexity index is 2410. The summed E-state index contributed by atoms with van der Waals surface area (Å²) in [5.74, 6) is -3.38. The highest BCUT2D eigenvalue weighted by Gasteiger charge is 2.63. The van der Waals surface area contributed by atoms with E-state index >= 15 is 0 Å². The van der Waals surface area contributed by atoms with Crippen LogP contribution in [0.1, 0.15) is 167 Å². The molecule has 2 aromatic carbocycles. The Balaban J connectivity index is 1.08. The van der Waals surface area contributed by atoms with Crippen molar-refractivity contribution in [2.75, 3.05) is 24.6 Å². The molecule has 70 heavy (non-hydrogen) atoms. The molecule has 4 fully saturated rings. The maximum atomic E-state index is 13.9. The van der Waals surface area contributed by atoms with Crippen LogP contribution in [-0.2, 0) is 59.7 Å². The van der Waals surface area contributed by atoms with Gasteiger partial charge in [0, 0.05) is 43.2 Å². The number of nitrogens with one attached hydrogen (secondary N) is 2. The van der Waals surface area contributed by atoms with E-state index in [0.717, 1.165) is 47.9 Å². The van der Waals surface area contributed by atoms with Crippen LogP contribution in [-0.4, -0.2) is 97.7 Å². The largest absolute Gasteiger partial charge is 0.462 e. The number of esters is 2. The molecule has 2 amide bonds. The number of carbonyl (C=O) groups is 4. The van der Waals surface area contributed by atoms with Gasteiger partial charge in [0.05, 0.1) is 30.5 Å². The van der Waals surface area contributed by atoms with Crippen LogP contribution in [0, 0.1) is 34.5 Å². The minimum atomic E-state index is -4.26. The third-order valence-electron chi connectivity index (χ3n) is 16.7. The lowest BCUT2D eigenvalue weighted by molar-refractivity contribution is -0.189. The van der Waals surface area contributed by atoms with Crippen LogP contribution in [0.15, 0.2) is 48.5 Å². The van der Waals surface area contributed by atoms with Crippen molar-refractivity contribution in [1.29, 1.82) is 0 Å². The van der Waals surface area contributed by atoms with Crippen molar-refractivity contribution >= 4 is 44.0 Å². The van der Waals surface area contributed by atoms with Crippen molar-refractivity contribution in [3.8, 4) is 0 Å². The van der Waals surface area contributed by atoms with Crippen LogP contribution >= 0.6 is 0 Å². The third kappa shape index (κ3) is 14.0. The van der Waals surface area contributed by atoms with Crippen LogP contribution in [0.25, 0.3) is 0 Å². The maximum Gasteiger partial charge on any atom is 0.306 e. The van der Waals surface area contributed by atoms with Gasteiger partial charge in [-0.15, -0.1) is 0 Å². The SMILES string of the molecule is CC(C)(C)c1ccc(C(CC(=O)NCCS(=O)(=O)O)CC(=O)O[C@H]2CC[C@@]3(C)[C@H](C2)[C@@H](O)C[C@@H]2[C@@H]3CC[C@]3(C)[C@@H](OC(=O)CC(CC(=O)NCCS(=O)(=O)O)c4ccc(C(C)(C)C)cc4)CC[C@@H]23)cc1. The molecule has 0 heterocycles. The van der Waals surface area contributed by atoms with E-state index in [0.29, 0.717) is 31.6 Å². The predicted molar refractivity (Wildman–Crippen MR) is 266 cm³/mol. The van der Waals surface area contributed by atoms with Gasteiger partial charge in [-0.3, -0.25) is 28.3 Å². The molecule has 0 saturated heterocycles. The first-order valence-electron chi connectivity index (χ1n) is 25.2. The predicted octanol–water partition coefficient (Wildman–Crippen LogP) is 7.55. The van der Waals surface area contributed by atoms with Crippen LogP contribution in [0.2, 0.25) is 0 Å². The fourth-order valence-corrected chi connectivity index (χ4v) is 13.4. The monoisotopic (exact) mass is 1010 g/mol. The Morgan fingerprint density at radius 1 is 0.614 bits per heavy atom. The van der Waals surface area contributed by atoms with E-state index in [4.69, 9.17) is 18.6 Å². The molecule has 0 aliphatic heterocycles. The van der Waals surface area contributed by atoms with Crippen LogP contribution in [0.5, 0.6) is 0 Å². The second-order valence-electron chi connectivity index (χ2n) is 23.5. The summed E-state index contributed by atoms with van der Waals surface area (Å²) in [7, 11) is -8.52. The summed E-state index contributed by atoms with van der Waals surface area (Å²) in [5, 5.41) is 17.1. The molecule has 2 unspecified atom stereocenters. The number of hydrogen-bond donors (Lipinski definition) is 5. The molecule has 0 spiro atoms. The van der Waals surface area contributed by atoms with E-state index < -0.39 is 79.5 Å². The Morgan fingerprint density at radius 3 is 1.51 bits per heavy atom. The van der Waals surface area contributed by atoms with Crippen molar-refractivity contribution in [2.24, 2.45) is 34.5 Å². The number of carbonyl (C=O) groups excluding carboxylic acids is 4. The van der Waals surface area contributed by atoms with Gasteiger partial charge in [-0.2, -0.15) is 16.8 Å². The Kier molecular flexibility index (Phi) is 17.2. The highest BCUT2D eigenvalue weighted by molar-refractivity contribution is 7.86. The van der Waals surface area contributed by atoms with E-state index in [1.165, 1.54) is 0 Å². The van der Waals surface area contributed by atoms with Gasteiger partial charge in [0.1, 0.15) is 12.2 Å². The van der Waals surface area contributed by atoms with Crippen molar-refractivity contribution < 1.29 is 59.7 Å². The molecule has 390 valence electrons. The summed E-state index contributed by atoms with van der Waals surface area (Å²) in [5.41, 5.74) is 3.03. The Morgan fingerprint density at radius 2 is 1.06 bits per heavy atom. The molecule has 4 aliphatic carbocycles. The maximum absolute atomic E-state index is 13.9. The number of aliphatic hydroxyl groups is 1. The molecule has 17 heteroatoms. The topological polar surface area (TPSA) is 240 Å². The average Bonchev–Trinajstić information content (AvgIpc) is 3.57. The second kappa shape index (κ2) is 21.7. The normalized spacial score (nSPS) is 28.8. The van der Waals surface area contributed by atoms with Crippen LogP contribution in [0.4, 0.5) is 0 Å². The Hall–Kier alpha value is -3.90. The number of hydrogen-bond acceptors (Lipinski definition) is 11. The van der Waals surface area contributed by atoms with Gasteiger partial charge in [-0.05, 0) is 114 Å². The lowest BCUT2D eigenvalue weighted by Crippen LogP contribution is -2.58. The van der Waals surface area contributed by atoms with Gasteiger partial charge in [-0.1, -0.05) is 104 Å². The Labute approximate surface area is 415 Å². The fourth-order valence-electron chi connectivity index (χ4n) is 12.7. The van der Waals surface area contributed by atoms with Crippen LogP contribution < -0.4 is 10.6 Å². The highest BCUT2D eigenvalue weighted by atomic mass is 32.2. The number of ether oxygens (including phenoxy) is 2. The standard InChI is InChI=1S/C53H78N2O13S2/c1-50(2,3)37-13-9-33(10-14-37)35(27-46(57)54-23-25-69(61,62)63)29-48(59)67-39-19-21-52(7)42-20-22-53(8)41(40(42)32-44(56)43(52)31-39)17-18-45(53)68-49(60)30-36(28-47(58)55-24-26-70(64,65)66)34-11-15-38(16-12-34)51(4,5)6/h9-16,35-36,39-45,56H,17-32H2,1-8H3,(H,54,57)(H,55,58)(H,61,62,63)(H,64,65,66)/t35?,36?,39-,40-,41-,42-,43+,44-,45-,52+,53-/m0/s1. The number of aliphatic hydroxyl groups excluding tert-OH is 1. The minimum absolute atomic E-state index is 0.0473. The molecule has 6 rings (SSSR count). The second-order valence-corrected chi connectivity index (χ2v) is 26.6. The van der Waals surface area contributed by atoms with E-state index in [1.807, 2.05) is 48.5 Å². The average molecular weight is 1020 g/mol. The fraction of sp³-hybridized carbons (Fsp3) is 0.698. The van der Waals surface area contributed by atoms with E-state index in [2.05, 4.69) is 66.0 Å². The van der Waals surface area contributed by atoms with E-state index in [-0.39, 0.29) is 84.3 Å². The van der Waals surface area contributed by atoms with Crippen molar-refractivity contribution in [1.82, 2.24) is 10.6 Å². The van der Waals surface area contributed by atoms with Crippen molar-refractivity contribution in [2.45, 2.75) is 173 Å². The van der Waals surface area contributed by atoms with Crippen LogP contribution in [0.3, 0.4) is 0 Å². The van der Waals surface area contributed by atoms with Gasteiger partial charge >= 0.3 is 11.9 Å². The lowest BCUT2D eigenvalue weighted by Gasteiger charge is -2.62. The molecule has 4 aliphatic rings. The zero-order chi connectivity index (χ0) is 51.6. The smallest absolute Gasteiger partial charge is 0.306 e. The highest BCUT2D eigenvalue weighted by Crippen LogP contribution is 2.67. The number of benzene rings is 2. The molecule has 0 radical (unpaired) electrons. The summed E-state index contributed by atoms with van der Waals surface area (Å²) >= 11 is 0. The molecule has 0 bridgehead atoms. The van der Waals surface area contributed by atoms with E-state index in [1.54, 1.807) is 0 Å². The molecule has 2 aromatic rings. The van der Waals surface area contributed by atoms with E-state index in [9.17, 15) is 41.1 Å². The first kappa shape index (κ1) is 55.4. The zero-order valence-corrected chi connectivity index (χ0v) is 44.0. The van der Waals surface area contributed by atoms with Gasteiger partial charge in [0.25, 0.3) is 20.2 Å². The molecular formula is C53H78N2O13S2. The number of amides is 2. The summed E-state index contributed by atoms with van der Waals surface area (Å²) in [4.78, 5) is 53.7. The van der Waals surface area contributed by atoms with Gasteiger partial charge in [-0.25, -0.2) is 0 Å².